The van der Waals surface area contributed by atoms with Gasteiger partial charge in [-0.15, -0.1) is 0 Å². The number of carbonyl (C=O) groups is 2. The number of hydrogen-bond donors (Lipinski definition) is 2. The van der Waals surface area contributed by atoms with E-state index >= 15 is 0 Å². The molecule has 2 N–H and O–H groups in total. The third-order valence-corrected chi connectivity index (χ3v) is 3.16. The van der Waals surface area contributed by atoms with Gasteiger partial charge in [0.25, 0.3) is 5.91 Å². The van der Waals surface area contributed by atoms with Crippen molar-refractivity contribution in [2.45, 2.75) is 20.3 Å². The second kappa shape index (κ2) is 9.32. The fourth-order valence-corrected chi connectivity index (χ4v) is 2.04. The van der Waals surface area contributed by atoms with Gasteiger partial charge in [-0.05, 0) is 55.0 Å². The summed E-state index contributed by atoms with van der Waals surface area (Å²) in [7, 11) is 0. The molecule has 25 heavy (non-hydrogen) atoms. The van der Waals surface area contributed by atoms with E-state index < -0.39 is 0 Å². The highest BCUT2D eigenvalue weighted by atomic mass is 16.5. The fourth-order valence-electron chi connectivity index (χ4n) is 2.04. The molecule has 0 aliphatic rings. The van der Waals surface area contributed by atoms with Gasteiger partial charge in [0.15, 0.2) is 6.61 Å². The SMILES string of the molecule is CCCOc1ccc(OCC(=O)Nc2ccc(NC(C)=O)cc2)cc1. The van der Waals surface area contributed by atoms with Gasteiger partial charge in [-0.25, -0.2) is 0 Å². The van der Waals surface area contributed by atoms with E-state index in [-0.39, 0.29) is 18.4 Å². The number of ether oxygens (including phenoxy) is 2. The molecule has 0 aliphatic carbocycles. The largest absolute Gasteiger partial charge is 0.494 e. The van der Waals surface area contributed by atoms with E-state index in [1.807, 2.05) is 19.1 Å². The van der Waals surface area contributed by atoms with Crippen LogP contribution in [0.5, 0.6) is 11.5 Å². The topological polar surface area (TPSA) is 76.7 Å². The van der Waals surface area contributed by atoms with Gasteiger partial charge in [0, 0.05) is 18.3 Å². The van der Waals surface area contributed by atoms with E-state index in [0.29, 0.717) is 23.7 Å². The van der Waals surface area contributed by atoms with Crippen LogP contribution in [0.25, 0.3) is 0 Å². The Morgan fingerprint density at radius 2 is 1.36 bits per heavy atom. The number of hydrogen-bond acceptors (Lipinski definition) is 4. The van der Waals surface area contributed by atoms with Gasteiger partial charge in [0.2, 0.25) is 5.91 Å². The van der Waals surface area contributed by atoms with Gasteiger partial charge in [0.1, 0.15) is 11.5 Å². The van der Waals surface area contributed by atoms with Crippen LogP contribution in [0, 0.1) is 0 Å². The predicted molar refractivity (Wildman–Crippen MR) is 97.1 cm³/mol. The van der Waals surface area contributed by atoms with Crippen LogP contribution in [0.4, 0.5) is 11.4 Å². The minimum Gasteiger partial charge on any atom is -0.494 e. The molecule has 2 amide bonds. The van der Waals surface area contributed by atoms with Crippen molar-refractivity contribution in [1.82, 2.24) is 0 Å². The molecule has 132 valence electrons. The lowest BCUT2D eigenvalue weighted by molar-refractivity contribution is -0.118. The molecule has 0 saturated carbocycles. The summed E-state index contributed by atoms with van der Waals surface area (Å²) in [5, 5.41) is 5.39. The Morgan fingerprint density at radius 1 is 0.840 bits per heavy atom. The summed E-state index contributed by atoms with van der Waals surface area (Å²) in [6.07, 6.45) is 0.949. The molecule has 0 aromatic heterocycles. The van der Waals surface area contributed by atoms with Crippen LogP contribution in [0.2, 0.25) is 0 Å². The summed E-state index contributed by atoms with van der Waals surface area (Å²) < 4.78 is 10.9. The van der Waals surface area contributed by atoms with Gasteiger partial charge in [-0.3, -0.25) is 9.59 Å². The number of benzene rings is 2. The standard InChI is InChI=1S/C19H22N2O4/c1-3-12-24-17-8-10-18(11-9-17)25-13-19(23)21-16-6-4-15(5-7-16)20-14(2)22/h4-11H,3,12-13H2,1-2H3,(H,20,22)(H,21,23). The second-order valence-electron chi connectivity index (χ2n) is 5.42. The first-order chi connectivity index (χ1) is 12.1. The first-order valence-corrected chi connectivity index (χ1v) is 8.10. The van der Waals surface area contributed by atoms with Crippen LogP contribution in [-0.2, 0) is 9.59 Å². The molecule has 0 saturated heterocycles. The normalized spacial score (nSPS) is 10.0. The molecule has 0 bridgehead atoms. The average Bonchev–Trinajstić information content (AvgIpc) is 2.60. The molecular weight excluding hydrogens is 320 g/mol. The van der Waals surface area contributed by atoms with Crippen LogP contribution in [0.15, 0.2) is 48.5 Å². The zero-order valence-corrected chi connectivity index (χ0v) is 14.4. The molecule has 0 radical (unpaired) electrons. The highest BCUT2D eigenvalue weighted by Gasteiger charge is 2.05. The van der Waals surface area contributed by atoms with Crippen LogP contribution in [-0.4, -0.2) is 25.0 Å². The summed E-state index contributed by atoms with van der Waals surface area (Å²) in [6.45, 7) is 4.06. The van der Waals surface area contributed by atoms with Gasteiger partial charge >= 0.3 is 0 Å². The minimum atomic E-state index is -0.265. The maximum Gasteiger partial charge on any atom is 0.262 e. The molecule has 2 aromatic rings. The van der Waals surface area contributed by atoms with Gasteiger partial charge < -0.3 is 20.1 Å². The minimum absolute atomic E-state index is 0.0946. The Morgan fingerprint density at radius 3 is 1.88 bits per heavy atom. The van der Waals surface area contributed by atoms with E-state index in [9.17, 15) is 9.59 Å². The van der Waals surface area contributed by atoms with Crippen molar-refractivity contribution < 1.29 is 19.1 Å². The van der Waals surface area contributed by atoms with Crippen molar-refractivity contribution in [2.24, 2.45) is 0 Å². The monoisotopic (exact) mass is 342 g/mol. The zero-order chi connectivity index (χ0) is 18.1. The van der Waals surface area contributed by atoms with E-state index in [4.69, 9.17) is 9.47 Å². The van der Waals surface area contributed by atoms with Crippen molar-refractivity contribution in [3.63, 3.8) is 0 Å². The first kappa shape index (κ1) is 18.3. The lowest BCUT2D eigenvalue weighted by atomic mass is 10.2. The van der Waals surface area contributed by atoms with Crippen LogP contribution < -0.4 is 20.1 Å². The summed E-state index contributed by atoms with van der Waals surface area (Å²) >= 11 is 0. The highest BCUT2D eigenvalue weighted by molar-refractivity contribution is 5.93. The average molecular weight is 342 g/mol. The maximum atomic E-state index is 11.9. The number of nitrogens with one attached hydrogen (secondary N) is 2. The van der Waals surface area contributed by atoms with Gasteiger partial charge in [-0.1, -0.05) is 6.92 Å². The highest BCUT2D eigenvalue weighted by Crippen LogP contribution is 2.18. The van der Waals surface area contributed by atoms with Crippen LogP contribution in [0.3, 0.4) is 0 Å². The predicted octanol–water partition coefficient (Wildman–Crippen LogP) is 3.45. The molecule has 0 fully saturated rings. The Bertz CT molecular complexity index is 696. The van der Waals surface area contributed by atoms with Crippen molar-refractivity contribution in [3.05, 3.63) is 48.5 Å². The molecular formula is C19H22N2O4. The smallest absolute Gasteiger partial charge is 0.262 e. The molecule has 2 aromatic carbocycles. The quantitative estimate of drug-likeness (QED) is 0.770. The van der Waals surface area contributed by atoms with Gasteiger partial charge in [-0.2, -0.15) is 0 Å². The first-order valence-electron chi connectivity index (χ1n) is 8.10. The summed E-state index contributed by atoms with van der Waals surface area (Å²) in [5.74, 6) is 0.966. The number of rotatable bonds is 8. The number of anilines is 2. The molecule has 0 heterocycles. The van der Waals surface area contributed by atoms with Crippen LogP contribution >= 0.6 is 0 Å². The zero-order valence-electron chi connectivity index (χ0n) is 14.4. The lowest BCUT2D eigenvalue weighted by Crippen LogP contribution is -2.20. The van der Waals surface area contributed by atoms with Crippen molar-refractivity contribution >= 4 is 23.2 Å². The lowest BCUT2D eigenvalue weighted by Gasteiger charge is -2.09. The van der Waals surface area contributed by atoms with Crippen molar-refractivity contribution in [1.29, 1.82) is 0 Å². The second-order valence-corrected chi connectivity index (χ2v) is 5.42. The maximum absolute atomic E-state index is 11.9. The Kier molecular flexibility index (Phi) is 6.83. The summed E-state index contributed by atoms with van der Waals surface area (Å²) in [6, 6.07) is 14.0. The molecule has 6 heteroatoms. The number of carbonyl (C=O) groups excluding carboxylic acids is 2. The summed E-state index contributed by atoms with van der Waals surface area (Å²) in [4.78, 5) is 22.9. The molecule has 0 aliphatic heterocycles. The van der Waals surface area contributed by atoms with Crippen LogP contribution in [0.1, 0.15) is 20.3 Å². The molecule has 2 rings (SSSR count). The third kappa shape index (κ3) is 6.55. The fraction of sp³-hybridized carbons (Fsp3) is 0.263. The summed E-state index contributed by atoms with van der Waals surface area (Å²) in [5.41, 5.74) is 1.30. The van der Waals surface area contributed by atoms with E-state index in [1.54, 1.807) is 36.4 Å². The Hall–Kier alpha value is -3.02. The van der Waals surface area contributed by atoms with E-state index in [2.05, 4.69) is 10.6 Å². The molecule has 0 unspecified atom stereocenters. The van der Waals surface area contributed by atoms with Gasteiger partial charge in [0.05, 0.1) is 6.61 Å². The number of amides is 2. The van der Waals surface area contributed by atoms with E-state index in [0.717, 1.165) is 12.2 Å². The van der Waals surface area contributed by atoms with E-state index in [1.165, 1.54) is 6.92 Å². The Balaban J connectivity index is 1.79. The third-order valence-electron chi connectivity index (χ3n) is 3.16. The van der Waals surface area contributed by atoms with Crippen molar-refractivity contribution in [3.8, 4) is 11.5 Å². The molecule has 6 nitrogen and oxygen atoms in total. The Labute approximate surface area is 147 Å². The molecule has 0 atom stereocenters. The van der Waals surface area contributed by atoms with Crippen molar-refractivity contribution in [2.75, 3.05) is 23.8 Å². The molecule has 0 spiro atoms.